The quantitative estimate of drug-likeness (QED) is 0.679. The van der Waals surface area contributed by atoms with Crippen molar-refractivity contribution in [3.05, 3.63) is 23.0 Å². The van der Waals surface area contributed by atoms with Gasteiger partial charge in [0.25, 0.3) is 0 Å². The minimum Gasteiger partial charge on any atom is -0.477 e. The first-order valence-electron chi connectivity index (χ1n) is 4.90. The summed E-state index contributed by atoms with van der Waals surface area (Å²) < 4.78 is 0. The van der Waals surface area contributed by atoms with Crippen LogP contribution in [0.1, 0.15) is 41.1 Å². The first-order chi connectivity index (χ1) is 6.72. The zero-order chi connectivity index (χ0) is 10.1. The highest BCUT2D eigenvalue weighted by molar-refractivity contribution is 5.86. The Bertz CT molecular complexity index is 357. The summed E-state index contributed by atoms with van der Waals surface area (Å²) in [6.45, 7) is 2.96. The molecule has 14 heavy (non-hydrogen) atoms. The lowest BCUT2D eigenvalue weighted by atomic mass is 10.2. The van der Waals surface area contributed by atoms with E-state index in [0.29, 0.717) is 11.7 Å². The van der Waals surface area contributed by atoms with Crippen molar-refractivity contribution in [1.82, 2.24) is 10.3 Å². The molecule has 0 fully saturated rings. The second kappa shape index (κ2) is 3.46. The van der Waals surface area contributed by atoms with Crippen molar-refractivity contribution in [2.45, 2.75) is 25.8 Å². The van der Waals surface area contributed by atoms with Crippen LogP contribution in [-0.2, 0) is 6.42 Å². The maximum Gasteiger partial charge on any atom is 0.352 e. The summed E-state index contributed by atoms with van der Waals surface area (Å²) in [5.74, 6) is -0.880. The average Bonchev–Trinajstić information content (AvgIpc) is 2.67. The van der Waals surface area contributed by atoms with Gasteiger partial charge in [-0.2, -0.15) is 0 Å². The van der Waals surface area contributed by atoms with Crippen molar-refractivity contribution in [2.24, 2.45) is 0 Å². The minimum atomic E-state index is -0.880. The second-order valence-corrected chi connectivity index (χ2v) is 3.58. The molecule has 3 N–H and O–H groups in total. The van der Waals surface area contributed by atoms with Gasteiger partial charge in [-0.25, -0.2) is 4.79 Å². The molecule has 0 bridgehead atoms. The molecule has 1 aliphatic rings. The molecule has 0 saturated heterocycles. The van der Waals surface area contributed by atoms with Crippen LogP contribution in [0.5, 0.6) is 0 Å². The molecule has 0 saturated carbocycles. The number of hydrogen-bond acceptors (Lipinski definition) is 2. The predicted molar refractivity (Wildman–Crippen MR) is 52.5 cm³/mol. The summed E-state index contributed by atoms with van der Waals surface area (Å²) in [7, 11) is 0. The number of carbonyl (C=O) groups is 1. The van der Waals surface area contributed by atoms with Crippen molar-refractivity contribution >= 4 is 5.97 Å². The number of aromatic amines is 1. The molecule has 2 rings (SSSR count). The molecule has 0 aliphatic heterocycles. The number of aromatic nitrogens is 1. The Labute approximate surface area is 82.3 Å². The van der Waals surface area contributed by atoms with Gasteiger partial charge in [0.15, 0.2) is 0 Å². The molecular formula is C10H14N2O2. The van der Waals surface area contributed by atoms with E-state index in [4.69, 9.17) is 5.11 Å². The van der Waals surface area contributed by atoms with Gasteiger partial charge in [-0.3, -0.25) is 0 Å². The summed E-state index contributed by atoms with van der Waals surface area (Å²) >= 11 is 0. The normalized spacial score (nSPS) is 19.6. The van der Waals surface area contributed by atoms with Crippen molar-refractivity contribution in [1.29, 1.82) is 0 Å². The number of rotatable bonds is 3. The van der Waals surface area contributed by atoms with Crippen LogP contribution in [0.4, 0.5) is 0 Å². The van der Waals surface area contributed by atoms with E-state index >= 15 is 0 Å². The Kier molecular flexibility index (Phi) is 2.29. The summed E-state index contributed by atoms with van der Waals surface area (Å²) in [4.78, 5) is 13.7. The molecule has 1 aromatic heterocycles. The maximum absolute atomic E-state index is 10.7. The Morgan fingerprint density at radius 1 is 1.79 bits per heavy atom. The standard InChI is InChI=1S/C10H14N2O2/c1-2-11-7-4-3-6-5-8(10(13)14)12-9(6)7/h5,7,11-12H,2-4H2,1H3,(H,13,14)/t7-/m1/s1. The largest absolute Gasteiger partial charge is 0.477 e. The minimum absolute atomic E-state index is 0.303. The number of H-pyrrole nitrogens is 1. The van der Waals surface area contributed by atoms with Crippen LogP contribution in [-0.4, -0.2) is 22.6 Å². The van der Waals surface area contributed by atoms with E-state index in [0.717, 1.165) is 30.6 Å². The highest BCUT2D eigenvalue weighted by atomic mass is 16.4. The van der Waals surface area contributed by atoms with Gasteiger partial charge in [-0.05, 0) is 31.0 Å². The highest BCUT2D eigenvalue weighted by Crippen LogP contribution is 2.30. The Morgan fingerprint density at radius 2 is 2.57 bits per heavy atom. The Hall–Kier alpha value is -1.29. The van der Waals surface area contributed by atoms with Gasteiger partial charge in [0, 0.05) is 11.7 Å². The van der Waals surface area contributed by atoms with Crippen LogP contribution in [0.3, 0.4) is 0 Å². The molecule has 0 spiro atoms. The van der Waals surface area contributed by atoms with Gasteiger partial charge in [-0.1, -0.05) is 6.92 Å². The number of carboxylic acids is 1. The lowest BCUT2D eigenvalue weighted by Crippen LogP contribution is -2.19. The van der Waals surface area contributed by atoms with Crippen LogP contribution in [0.15, 0.2) is 6.07 Å². The number of aryl methyl sites for hydroxylation is 1. The van der Waals surface area contributed by atoms with Gasteiger partial charge < -0.3 is 15.4 Å². The molecule has 76 valence electrons. The number of nitrogens with one attached hydrogen (secondary N) is 2. The van der Waals surface area contributed by atoms with E-state index in [9.17, 15) is 4.79 Å². The van der Waals surface area contributed by atoms with E-state index in [1.54, 1.807) is 6.07 Å². The molecule has 1 heterocycles. The monoisotopic (exact) mass is 194 g/mol. The number of hydrogen-bond donors (Lipinski definition) is 3. The van der Waals surface area contributed by atoms with Crippen LogP contribution in [0.2, 0.25) is 0 Å². The fraction of sp³-hybridized carbons (Fsp3) is 0.500. The lowest BCUT2D eigenvalue weighted by molar-refractivity contribution is 0.0691. The molecule has 0 unspecified atom stereocenters. The lowest BCUT2D eigenvalue weighted by Gasteiger charge is -2.10. The molecule has 1 aromatic rings. The van der Waals surface area contributed by atoms with Gasteiger partial charge in [0.05, 0.1) is 0 Å². The number of fused-ring (bicyclic) bond motifs is 1. The molecule has 0 amide bonds. The van der Waals surface area contributed by atoms with Crippen LogP contribution in [0, 0.1) is 0 Å². The maximum atomic E-state index is 10.7. The van der Waals surface area contributed by atoms with E-state index < -0.39 is 5.97 Å². The molecule has 0 radical (unpaired) electrons. The average molecular weight is 194 g/mol. The van der Waals surface area contributed by atoms with Crippen molar-refractivity contribution in [3.8, 4) is 0 Å². The first-order valence-corrected chi connectivity index (χ1v) is 4.90. The fourth-order valence-electron chi connectivity index (χ4n) is 2.04. The number of aromatic carboxylic acids is 1. The predicted octanol–water partition coefficient (Wildman–Crippen LogP) is 1.31. The summed E-state index contributed by atoms with van der Waals surface area (Å²) in [6, 6.07) is 2.05. The molecule has 4 heteroatoms. The van der Waals surface area contributed by atoms with Gasteiger partial charge in [0.2, 0.25) is 0 Å². The first kappa shape index (κ1) is 9.27. The summed E-state index contributed by atoms with van der Waals surface area (Å²) in [5.41, 5.74) is 2.51. The second-order valence-electron chi connectivity index (χ2n) is 3.58. The van der Waals surface area contributed by atoms with Gasteiger partial charge in [0.1, 0.15) is 5.69 Å². The molecule has 1 atom stereocenters. The zero-order valence-corrected chi connectivity index (χ0v) is 8.13. The third-order valence-electron chi connectivity index (χ3n) is 2.67. The molecule has 4 nitrogen and oxygen atoms in total. The third kappa shape index (κ3) is 1.42. The molecular weight excluding hydrogens is 180 g/mol. The van der Waals surface area contributed by atoms with E-state index in [1.807, 2.05) is 0 Å². The SMILES string of the molecule is CCN[C@@H]1CCc2cc(C(=O)O)[nH]c21. The van der Waals surface area contributed by atoms with Crippen molar-refractivity contribution in [3.63, 3.8) is 0 Å². The Balaban J connectivity index is 2.26. The smallest absolute Gasteiger partial charge is 0.352 e. The summed E-state index contributed by atoms with van der Waals surface area (Å²) in [5, 5.41) is 12.1. The van der Waals surface area contributed by atoms with Crippen molar-refractivity contribution in [2.75, 3.05) is 6.54 Å². The molecule has 0 aromatic carbocycles. The van der Waals surface area contributed by atoms with Crippen LogP contribution >= 0.6 is 0 Å². The van der Waals surface area contributed by atoms with Gasteiger partial charge in [-0.15, -0.1) is 0 Å². The zero-order valence-electron chi connectivity index (χ0n) is 8.13. The number of carboxylic acid groups (broad SMARTS) is 1. The fourth-order valence-corrected chi connectivity index (χ4v) is 2.04. The van der Waals surface area contributed by atoms with E-state index in [1.165, 1.54) is 0 Å². The topological polar surface area (TPSA) is 65.1 Å². The summed E-state index contributed by atoms with van der Waals surface area (Å²) in [6.07, 6.45) is 2.03. The Morgan fingerprint density at radius 3 is 3.21 bits per heavy atom. The third-order valence-corrected chi connectivity index (χ3v) is 2.67. The van der Waals surface area contributed by atoms with Crippen LogP contribution in [0.25, 0.3) is 0 Å². The van der Waals surface area contributed by atoms with Gasteiger partial charge >= 0.3 is 5.97 Å². The molecule has 1 aliphatic carbocycles. The van der Waals surface area contributed by atoms with E-state index in [-0.39, 0.29) is 0 Å². The van der Waals surface area contributed by atoms with Crippen molar-refractivity contribution < 1.29 is 9.90 Å². The highest BCUT2D eigenvalue weighted by Gasteiger charge is 2.25. The van der Waals surface area contributed by atoms with E-state index in [2.05, 4.69) is 17.2 Å². The van der Waals surface area contributed by atoms with Crippen LogP contribution < -0.4 is 5.32 Å².